The lowest BCUT2D eigenvalue weighted by Crippen LogP contribution is -2.37. The molecule has 0 spiro atoms. The number of nitrogens with zero attached hydrogens (tertiary/aromatic N) is 2. The van der Waals surface area contributed by atoms with Crippen LogP contribution in [-0.2, 0) is 11.3 Å². The van der Waals surface area contributed by atoms with Crippen molar-refractivity contribution in [2.75, 3.05) is 25.6 Å². The normalized spacial score (nSPS) is 13.6. The number of terminal acetylenes is 1. The molecule has 0 radical (unpaired) electrons. The second kappa shape index (κ2) is 7.29. The standard InChI is InChI=1S/C13H18ClN3O3/c1-4-6-17-12(18)11(10(14)8-16-17)15-9-13(2,19)5-7-20-3/h1,8,15,19H,5-7,9H2,2-3H3. The zero-order valence-electron chi connectivity index (χ0n) is 11.5. The van der Waals surface area contributed by atoms with Crippen molar-refractivity contribution < 1.29 is 9.84 Å². The third kappa shape index (κ3) is 4.53. The van der Waals surface area contributed by atoms with E-state index in [-0.39, 0.29) is 23.8 Å². The highest BCUT2D eigenvalue weighted by Gasteiger charge is 2.21. The number of halogens is 1. The zero-order valence-corrected chi connectivity index (χ0v) is 12.3. The van der Waals surface area contributed by atoms with Crippen LogP contribution in [0.2, 0.25) is 5.02 Å². The molecule has 6 nitrogen and oxygen atoms in total. The van der Waals surface area contributed by atoms with Crippen molar-refractivity contribution in [1.29, 1.82) is 0 Å². The predicted molar refractivity (Wildman–Crippen MR) is 77.9 cm³/mol. The number of aromatic nitrogens is 2. The molecule has 1 unspecified atom stereocenters. The number of rotatable bonds is 7. The molecule has 1 aromatic heterocycles. The van der Waals surface area contributed by atoms with Crippen LogP contribution in [0.4, 0.5) is 5.69 Å². The summed E-state index contributed by atoms with van der Waals surface area (Å²) in [6.45, 7) is 2.28. The molecule has 0 fully saturated rings. The maximum absolute atomic E-state index is 12.1. The SMILES string of the molecule is C#CCn1ncc(Cl)c(NCC(C)(O)CCOC)c1=O. The molecule has 0 saturated heterocycles. The number of hydrogen-bond acceptors (Lipinski definition) is 5. The van der Waals surface area contributed by atoms with E-state index in [1.54, 1.807) is 14.0 Å². The highest BCUT2D eigenvalue weighted by Crippen LogP contribution is 2.17. The smallest absolute Gasteiger partial charge is 0.292 e. The third-order valence-corrected chi connectivity index (χ3v) is 3.02. The van der Waals surface area contributed by atoms with E-state index in [0.29, 0.717) is 13.0 Å². The summed E-state index contributed by atoms with van der Waals surface area (Å²) in [6, 6.07) is 0. The molecule has 0 aliphatic heterocycles. The Morgan fingerprint density at radius 3 is 3.00 bits per heavy atom. The van der Waals surface area contributed by atoms with Crippen LogP contribution in [0, 0.1) is 12.3 Å². The highest BCUT2D eigenvalue weighted by atomic mass is 35.5. The Morgan fingerprint density at radius 2 is 2.40 bits per heavy atom. The molecule has 20 heavy (non-hydrogen) atoms. The van der Waals surface area contributed by atoms with Gasteiger partial charge >= 0.3 is 0 Å². The fourth-order valence-electron chi connectivity index (χ4n) is 1.52. The quantitative estimate of drug-likeness (QED) is 0.726. The molecule has 0 aliphatic rings. The first kappa shape index (κ1) is 16.5. The lowest BCUT2D eigenvalue weighted by molar-refractivity contribution is 0.0357. The van der Waals surface area contributed by atoms with Gasteiger partial charge in [0, 0.05) is 26.7 Å². The van der Waals surface area contributed by atoms with Crippen LogP contribution in [-0.4, -0.2) is 40.7 Å². The summed E-state index contributed by atoms with van der Waals surface area (Å²) >= 11 is 5.94. The van der Waals surface area contributed by atoms with E-state index in [1.165, 1.54) is 6.20 Å². The second-order valence-electron chi connectivity index (χ2n) is 4.63. The van der Waals surface area contributed by atoms with Gasteiger partial charge in [0.2, 0.25) is 0 Å². The summed E-state index contributed by atoms with van der Waals surface area (Å²) in [5.74, 6) is 2.34. The minimum Gasteiger partial charge on any atom is -0.388 e. The maximum atomic E-state index is 12.1. The van der Waals surface area contributed by atoms with Crippen LogP contribution >= 0.6 is 11.6 Å². The number of nitrogens with one attached hydrogen (secondary N) is 1. The Labute approximate surface area is 122 Å². The fraction of sp³-hybridized carbons (Fsp3) is 0.538. The molecule has 1 rings (SSSR count). The van der Waals surface area contributed by atoms with E-state index >= 15 is 0 Å². The van der Waals surface area contributed by atoms with Gasteiger partial charge in [-0.1, -0.05) is 17.5 Å². The summed E-state index contributed by atoms with van der Waals surface area (Å²) < 4.78 is 6.04. The summed E-state index contributed by atoms with van der Waals surface area (Å²) in [5, 5.41) is 17.0. The van der Waals surface area contributed by atoms with Crippen molar-refractivity contribution in [2.45, 2.75) is 25.5 Å². The lowest BCUT2D eigenvalue weighted by Gasteiger charge is -2.24. The van der Waals surface area contributed by atoms with Crippen LogP contribution in [0.3, 0.4) is 0 Å². The molecule has 7 heteroatoms. The number of hydrogen-bond donors (Lipinski definition) is 2. The Kier molecular flexibility index (Phi) is 6.02. The maximum Gasteiger partial charge on any atom is 0.292 e. The average Bonchev–Trinajstić information content (AvgIpc) is 2.40. The van der Waals surface area contributed by atoms with Gasteiger partial charge in [-0.3, -0.25) is 4.79 Å². The average molecular weight is 300 g/mol. The van der Waals surface area contributed by atoms with Crippen molar-refractivity contribution in [3.63, 3.8) is 0 Å². The van der Waals surface area contributed by atoms with Gasteiger partial charge in [0.15, 0.2) is 0 Å². The minimum atomic E-state index is -1.02. The van der Waals surface area contributed by atoms with Crippen LogP contribution in [0.1, 0.15) is 13.3 Å². The number of anilines is 1. The second-order valence-corrected chi connectivity index (χ2v) is 5.03. The number of ether oxygens (including phenoxy) is 1. The molecule has 1 aromatic rings. The van der Waals surface area contributed by atoms with Crippen molar-refractivity contribution in [3.05, 3.63) is 21.6 Å². The van der Waals surface area contributed by atoms with Crippen LogP contribution in [0.25, 0.3) is 0 Å². The van der Waals surface area contributed by atoms with Gasteiger partial charge in [0.25, 0.3) is 5.56 Å². The van der Waals surface area contributed by atoms with Gasteiger partial charge in [-0.15, -0.1) is 6.42 Å². The predicted octanol–water partition coefficient (Wildman–Crippen LogP) is 0.729. The lowest BCUT2D eigenvalue weighted by atomic mass is 10.0. The van der Waals surface area contributed by atoms with Gasteiger partial charge in [-0.25, -0.2) is 4.68 Å². The van der Waals surface area contributed by atoms with E-state index in [9.17, 15) is 9.90 Å². The molecular formula is C13H18ClN3O3. The van der Waals surface area contributed by atoms with E-state index in [2.05, 4.69) is 16.3 Å². The molecule has 1 atom stereocenters. The topological polar surface area (TPSA) is 76.4 Å². The molecule has 0 amide bonds. The van der Waals surface area contributed by atoms with Gasteiger partial charge in [-0.05, 0) is 6.92 Å². The molecule has 2 N–H and O–H groups in total. The Morgan fingerprint density at radius 1 is 1.70 bits per heavy atom. The van der Waals surface area contributed by atoms with Gasteiger partial charge in [-0.2, -0.15) is 5.10 Å². The van der Waals surface area contributed by atoms with Gasteiger partial charge in [0.1, 0.15) is 12.2 Å². The fourth-order valence-corrected chi connectivity index (χ4v) is 1.71. The van der Waals surface area contributed by atoms with E-state index in [4.69, 9.17) is 22.8 Å². The largest absolute Gasteiger partial charge is 0.388 e. The van der Waals surface area contributed by atoms with Crippen molar-refractivity contribution in [3.8, 4) is 12.3 Å². The minimum absolute atomic E-state index is 0.0603. The van der Waals surface area contributed by atoms with Crippen LogP contribution in [0.15, 0.2) is 11.0 Å². The summed E-state index contributed by atoms with van der Waals surface area (Å²) in [5.41, 5.74) is -1.26. The van der Waals surface area contributed by atoms with E-state index in [0.717, 1.165) is 4.68 Å². The van der Waals surface area contributed by atoms with Gasteiger partial charge in [0.05, 0.1) is 16.8 Å². The molecular weight excluding hydrogens is 282 g/mol. The highest BCUT2D eigenvalue weighted by molar-refractivity contribution is 6.32. The Hall–Kier alpha value is -1.55. The van der Waals surface area contributed by atoms with Gasteiger partial charge < -0.3 is 15.2 Å². The van der Waals surface area contributed by atoms with Crippen molar-refractivity contribution in [1.82, 2.24) is 9.78 Å². The Bertz CT molecular complexity index is 549. The molecule has 0 bridgehead atoms. The van der Waals surface area contributed by atoms with E-state index in [1.807, 2.05) is 0 Å². The zero-order chi connectivity index (χ0) is 15.2. The van der Waals surface area contributed by atoms with Crippen LogP contribution in [0.5, 0.6) is 0 Å². The van der Waals surface area contributed by atoms with E-state index < -0.39 is 11.2 Å². The third-order valence-electron chi connectivity index (χ3n) is 2.73. The van der Waals surface area contributed by atoms with Crippen molar-refractivity contribution >= 4 is 17.3 Å². The molecule has 0 aliphatic carbocycles. The first-order valence-corrected chi connectivity index (χ1v) is 6.43. The molecule has 1 heterocycles. The number of aliphatic hydroxyl groups is 1. The summed E-state index contributed by atoms with van der Waals surface area (Å²) in [7, 11) is 1.56. The number of methoxy groups -OCH3 is 1. The Balaban J connectivity index is 2.85. The van der Waals surface area contributed by atoms with Crippen LogP contribution < -0.4 is 10.9 Å². The van der Waals surface area contributed by atoms with Crippen molar-refractivity contribution in [2.24, 2.45) is 0 Å². The summed E-state index contributed by atoms with van der Waals surface area (Å²) in [4.78, 5) is 12.1. The summed E-state index contributed by atoms with van der Waals surface area (Å²) in [6.07, 6.45) is 6.93. The first-order chi connectivity index (χ1) is 9.41. The molecule has 0 aromatic carbocycles. The molecule has 0 saturated carbocycles. The monoisotopic (exact) mass is 299 g/mol. The molecule has 110 valence electrons. The first-order valence-electron chi connectivity index (χ1n) is 6.05.